The number of carbonyl (C=O) groups is 1. The Morgan fingerprint density at radius 3 is 2.52 bits per heavy atom. The minimum Gasteiger partial charge on any atom is -0.493 e. The van der Waals surface area contributed by atoms with Gasteiger partial charge in [0.15, 0.2) is 11.5 Å². The molecule has 0 heterocycles. The van der Waals surface area contributed by atoms with Gasteiger partial charge in [0.1, 0.15) is 18.2 Å². The van der Waals surface area contributed by atoms with Gasteiger partial charge in [0.05, 0.1) is 10.7 Å². The number of hydrogen-bond acceptors (Lipinski definition) is 4. The van der Waals surface area contributed by atoms with Gasteiger partial charge in [-0.25, -0.2) is 0 Å². The topological polar surface area (TPSA) is 62.6 Å². The zero-order valence-corrected chi connectivity index (χ0v) is 18.0. The maximum absolute atomic E-state index is 12.0. The maximum atomic E-state index is 12.0. The van der Waals surface area contributed by atoms with Gasteiger partial charge in [-0.3, -0.25) is 4.79 Å². The van der Waals surface area contributed by atoms with Crippen LogP contribution in [0.25, 0.3) is 6.08 Å². The van der Waals surface area contributed by atoms with E-state index in [4.69, 9.17) is 21.1 Å². The second kappa shape index (κ2) is 9.62. The lowest BCUT2D eigenvalue weighted by Crippen LogP contribution is -2.22. The van der Waals surface area contributed by atoms with Crippen LogP contribution in [0.3, 0.4) is 0 Å². The van der Waals surface area contributed by atoms with E-state index in [9.17, 15) is 10.1 Å². The molecule has 0 radical (unpaired) electrons. The van der Waals surface area contributed by atoms with Gasteiger partial charge in [-0.05, 0) is 64.1 Å². The van der Waals surface area contributed by atoms with E-state index in [0.717, 1.165) is 9.13 Å². The van der Waals surface area contributed by atoms with E-state index in [1.165, 1.54) is 11.0 Å². The van der Waals surface area contributed by atoms with Gasteiger partial charge in [-0.1, -0.05) is 23.7 Å². The molecule has 5 nitrogen and oxygen atoms in total. The molecule has 2 aromatic rings. The van der Waals surface area contributed by atoms with Crippen molar-refractivity contribution in [1.82, 2.24) is 4.90 Å². The van der Waals surface area contributed by atoms with Gasteiger partial charge in [0.25, 0.3) is 5.91 Å². The number of likely N-dealkylation sites (N-methyl/N-ethyl adjacent to an activating group) is 1. The molecule has 0 unspecified atom stereocenters. The zero-order chi connectivity index (χ0) is 20.0. The van der Waals surface area contributed by atoms with Gasteiger partial charge >= 0.3 is 0 Å². The number of carbonyl (C=O) groups excluding carboxylic acids is 1. The predicted octanol–water partition coefficient (Wildman–Crippen LogP) is 4.53. The fraction of sp³-hybridized carbons (Fsp3) is 0.200. The van der Waals surface area contributed by atoms with Gasteiger partial charge < -0.3 is 14.4 Å². The third kappa shape index (κ3) is 5.62. The lowest BCUT2D eigenvalue weighted by molar-refractivity contribution is -0.124. The molecule has 7 heteroatoms. The minimum absolute atomic E-state index is 0.0488. The summed E-state index contributed by atoms with van der Waals surface area (Å²) in [4.78, 5) is 13.4. The number of methoxy groups -OCH3 is 1. The standard InChI is InChI=1S/C20H18ClIN2O3/c1-24(2)20(25)15(11-23)8-14-9-17(22)19(18(10-14)26-3)27-12-13-4-6-16(21)7-5-13/h4-10H,12H2,1-3H3/b15-8+. The highest BCUT2D eigenvalue weighted by Crippen LogP contribution is 2.35. The molecule has 0 spiro atoms. The normalized spacial score (nSPS) is 10.9. The second-order valence-electron chi connectivity index (χ2n) is 5.82. The average Bonchev–Trinajstić information content (AvgIpc) is 2.65. The Kier molecular flexibility index (Phi) is 7.51. The molecule has 0 saturated carbocycles. The summed E-state index contributed by atoms with van der Waals surface area (Å²) in [5, 5.41) is 9.92. The number of ether oxygens (including phenoxy) is 2. The third-order valence-electron chi connectivity index (χ3n) is 3.62. The van der Waals surface area contributed by atoms with Crippen molar-refractivity contribution in [3.63, 3.8) is 0 Å². The Hall–Kier alpha value is -2.24. The van der Waals surface area contributed by atoms with E-state index in [1.54, 1.807) is 27.3 Å². The lowest BCUT2D eigenvalue weighted by atomic mass is 10.1. The summed E-state index contributed by atoms with van der Waals surface area (Å²) < 4.78 is 12.2. The van der Waals surface area contributed by atoms with E-state index in [0.29, 0.717) is 28.7 Å². The predicted molar refractivity (Wildman–Crippen MR) is 114 cm³/mol. The van der Waals surface area contributed by atoms with Crippen molar-refractivity contribution in [3.8, 4) is 17.6 Å². The second-order valence-corrected chi connectivity index (χ2v) is 7.42. The summed E-state index contributed by atoms with van der Waals surface area (Å²) in [7, 11) is 4.75. The van der Waals surface area contributed by atoms with Crippen LogP contribution in [0.5, 0.6) is 11.5 Å². The number of benzene rings is 2. The number of amides is 1. The van der Waals surface area contributed by atoms with Crippen molar-refractivity contribution in [2.24, 2.45) is 0 Å². The summed E-state index contributed by atoms with van der Waals surface area (Å²) in [5.74, 6) is 0.772. The molecule has 0 bridgehead atoms. The first-order valence-corrected chi connectivity index (χ1v) is 9.39. The highest BCUT2D eigenvalue weighted by atomic mass is 127. The van der Waals surface area contributed by atoms with Crippen LogP contribution in [0.1, 0.15) is 11.1 Å². The van der Waals surface area contributed by atoms with Crippen molar-refractivity contribution < 1.29 is 14.3 Å². The van der Waals surface area contributed by atoms with E-state index in [-0.39, 0.29) is 11.5 Å². The molecular weight excluding hydrogens is 479 g/mol. The van der Waals surface area contributed by atoms with Crippen molar-refractivity contribution in [2.75, 3.05) is 21.2 Å². The zero-order valence-electron chi connectivity index (χ0n) is 15.1. The third-order valence-corrected chi connectivity index (χ3v) is 4.67. The Labute approximate surface area is 177 Å². The van der Waals surface area contributed by atoms with Crippen LogP contribution in [0, 0.1) is 14.9 Å². The molecule has 0 saturated heterocycles. The highest BCUT2D eigenvalue weighted by molar-refractivity contribution is 14.1. The van der Waals surface area contributed by atoms with Crippen LogP contribution in [0.15, 0.2) is 42.0 Å². The molecule has 0 aliphatic heterocycles. The quantitative estimate of drug-likeness (QED) is 0.335. The molecule has 0 fully saturated rings. The van der Waals surface area contributed by atoms with Gasteiger partial charge in [0, 0.05) is 19.1 Å². The smallest absolute Gasteiger partial charge is 0.264 e. The summed E-state index contributed by atoms with van der Waals surface area (Å²) >= 11 is 8.04. The van der Waals surface area contributed by atoms with E-state index < -0.39 is 0 Å². The molecule has 2 aromatic carbocycles. The number of halogens is 2. The molecular formula is C20H18ClIN2O3. The van der Waals surface area contributed by atoms with E-state index in [1.807, 2.05) is 36.4 Å². The first-order chi connectivity index (χ1) is 12.8. The fourth-order valence-electron chi connectivity index (χ4n) is 2.25. The highest BCUT2D eigenvalue weighted by Gasteiger charge is 2.15. The lowest BCUT2D eigenvalue weighted by Gasteiger charge is -2.14. The number of nitrogens with zero attached hydrogens (tertiary/aromatic N) is 2. The summed E-state index contributed by atoms with van der Waals surface area (Å²) in [5.41, 5.74) is 1.71. The molecule has 0 N–H and O–H groups in total. The first-order valence-electron chi connectivity index (χ1n) is 7.94. The van der Waals surface area contributed by atoms with Gasteiger partial charge in [0.2, 0.25) is 0 Å². The SMILES string of the molecule is COc1cc(/C=C(\C#N)C(=O)N(C)C)cc(I)c1OCc1ccc(Cl)cc1. The fourth-order valence-corrected chi connectivity index (χ4v) is 3.16. The van der Waals surface area contributed by atoms with E-state index in [2.05, 4.69) is 22.6 Å². The van der Waals surface area contributed by atoms with Crippen molar-refractivity contribution >= 4 is 46.2 Å². The Bertz CT molecular complexity index is 903. The molecule has 140 valence electrons. The minimum atomic E-state index is -0.352. The maximum Gasteiger partial charge on any atom is 0.264 e. The van der Waals surface area contributed by atoms with Gasteiger partial charge in [-0.15, -0.1) is 0 Å². The number of nitriles is 1. The van der Waals surface area contributed by atoms with Crippen LogP contribution in [-0.4, -0.2) is 32.0 Å². The number of rotatable bonds is 6. The Morgan fingerprint density at radius 2 is 1.96 bits per heavy atom. The Balaban J connectivity index is 2.30. The summed E-state index contributed by atoms with van der Waals surface area (Å²) in [6.07, 6.45) is 1.54. The van der Waals surface area contributed by atoms with Crippen molar-refractivity contribution in [2.45, 2.75) is 6.61 Å². The molecule has 0 aliphatic rings. The van der Waals surface area contributed by atoms with Crippen LogP contribution in [-0.2, 0) is 11.4 Å². The van der Waals surface area contributed by atoms with Crippen LogP contribution >= 0.6 is 34.2 Å². The largest absolute Gasteiger partial charge is 0.493 e. The Morgan fingerprint density at radius 1 is 1.30 bits per heavy atom. The molecule has 0 aromatic heterocycles. The molecule has 27 heavy (non-hydrogen) atoms. The van der Waals surface area contributed by atoms with Crippen LogP contribution < -0.4 is 9.47 Å². The summed E-state index contributed by atoms with van der Waals surface area (Å²) in [6.45, 7) is 0.362. The summed E-state index contributed by atoms with van der Waals surface area (Å²) in [6, 6.07) is 12.9. The molecule has 1 amide bonds. The average molecular weight is 497 g/mol. The van der Waals surface area contributed by atoms with Crippen LogP contribution in [0.4, 0.5) is 0 Å². The van der Waals surface area contributed by atoms with Crippen LogP contribution in [0.2, 0.25) is 5.02 Å². The monoisotopic (exact) mass is 496 g/mol. The van der Waals surface area contributed by atoms with Gasteiger partial charge in [-0.2, -0.15) is 5.26 Å². The molecule has 0 aliphatic carbocycles. The van der Waals surface area contributed by atoms with E-state index >= 15 is 0 Å². The molecule has 2 rings (SSSR count). The first kappa shape index (κ1) is 21.1. The van der Waals surface area contributed by atoms with Crippen molar-refractivity contribution in [1.29, 1.82) is 5.26 Å². The molecule has 0 atom stereocenters. The number of hydrogen-bond donors (Lipinski definition) is 0. The van der Waals surface area contributed by atoms with Crippen molar-refractivity contribution in [3.05, 3.63) is 61.7 Å².